The van der Waals surface area contributed by atoms with E-state index in [2.05, 4.69) is 21.2 Å². The molecular weight excluding hydrogens is 611 g/mol. The molecule has 0 aliphatic carbocycles. The predicted molar refractivity (Wildman–Crippen MR) is 167 cm³/mol. The number of phenols is 1. The minimum Gasteiger partial charge on any atom is -0.508 e. The lowest BCUT2D eigenvalue weighted by molar-refractivity contribution is -0.130. The fraction of sp³-hybridized carbons (Fsp3) is 0.290. The molecule has 13 heteroatoms. The number of aromatic hydroxyl groups is 1. The highest BCUT2D eigenvalue weighted by atomic mass is 35.5. The van der Waals surface area contributed by atoms with Crippen molar-refractivity contribution in [3.05, 3.63) is 93.5 Å². The molecule has 44 heavy (non-hydrogen) atoms. The summed E-state index contributed by atoms with van der Waals surface area (Å²) in [5.41, 5.74) is 3.50. The third-order valence-electron chi connectivity index (χ3n) is 5.83. The van der Waals surface area contributed by atoms with Crippen LogP contribution >= 0.6 is 23.2 Å². The van der Waals surface area contributed by atoms with Gasteiger partial charge in [-0.1, -0.05) is 47.5 Å². The summed E-state index contributed by atoms with van der Waals surface area (Å²) in [5.74, 6) is -1.05. The van der Waals surface area contributed by atoms with Crippen molar-refractivity contribution in [3.63, 3.8) is 0 Å². The molecule has 0 saturated heterocycles. The molecule has 0 aromatic heterocycles. The van der Waals surface area contributed by atoms with Crippen LogP contribution in [0.4, 0.5) is 4.79 Å². The molecule has 5 N–H and O–H groups in total. The lowest BCUT2D eigenvalue weighted by atomic mass is 10.0. The number of hydrazone groups is 1. The van der Waals surface area contributed by atoms with Gasteiger partial charge < -0.3 is 30.3 Å². The highest BCUT2D eigenvalue weighted by molar-refractivity contribution is 6.31. The smallest absolute Gasteiger partial charge is 0.408 e. The van der Waals surface area contributed by atoms with E-state index >= 15 is 0 Å². The molecule has 11 nitrogen and oxygen atoms in total. The number of aliphatic hydroxyl groups excluding tert-OH is 1. The quantitative estimate of drug-likeness (QED) is 0.145. The summed E-state index contributed by atoms with van der Waals surface area (Å²) in [6.07, 6.45) is 0.436. The summed E-state index contributed by atoms with van der Waals surface area (Å²) in [7, 11) is 0. The summed E-state index contributed by atoms with van der Waals surface area (Å²) in [6, 6.07) is 15.6. The van der Waals surface area contributed by atoms with Gasteiger partial charge in [0, 0.05) is 22.0 Å². The minimum atomic E-state index is -1.39. The fourth-order valence-electron chi connectivity index (χ4n) is 3.78. The number of halogens is 2. The van der Waals surface area contributed by atoms with Crippen LogP contribution in [0.1, 0.15) is 37.5 Å². The molecule has 3 aromatic rings. The highest BCUT2D eigenvalue weighted by Gasteiger charge is 2.28. The van der Waals surface area contributed by atoms with Gasteiger partial charge in [-0.15, -0.1) is 0 Å². The summed E-state index contributed by atoms with van der Waals surface area (Å²) in [6.45, 7) is 4.42. The number of alkyl carbamates (subject to hydrolysis) is 1. The number of carbonyl (C=O) groups is 3. The standard InChI is InChI=1S/C31H34Cl2N4O7/c1-31(2,3)44-30(42)36-26(17-38)28(40)35-25(14-19-7-10-24(39)11-8-19)29(41)37-34-16-21-15-23(33)9-12-27(21)43-18-20-5-4-6-22(32)13-20/h4-13,15-16,25-26,38-39H,14,17-18H2,1-3H3,(H,35,40)(H,36,42)(H,37,41)/b34-16-/t25-,26-/m0/s1. The van der Waals surface area contributed by atoms with Crippen LogP contribution < -0.4 is 20.8 Å². The summed E-state index contributed by atoms with van der Waals surface area (Å²) in [4.78, 5) is 38.4. The Bertz CT molecular complexity index is 1480. The summed E-state index contributed by atoms with van der Waals surface area (Å²) in [5, 5.41) is 29.2. The van der Waals surface area contributed by atoms with Gasteiger partial charge in [-0.3, -0.25) is 9.59 Å². The van der Waals surface area contributed by atoms with E-state index in [-0.39, 0.29) is 18.8 Å². The molecule has 3 rings (SSSR count). The Morgan fingerprint density at radius 2 is 1.61 bits per heavy atom. The van der Waals surface area contributed by atoms with Gasteiger partial charge in [0.25, 0.3) is 5.91 Å². The van der Waals surface area contributed by atoms with Gasteiger partial charge in [0.15, 0.2) is 0 Å². The van der Waals surface area contributed by atoms with E-state index in [0.717, 1.165) is 5.56 Å². The Morgan fingerprint density at radius 1 is 0.909 bits per heavy atom. The predicted octanol–water partition coefficient (Wildman–Crippen LogP) is 4.34. The van der Waals surface area contributed by atoms with E-state index < -0.39 is 42.2 Å². The van der Waals surface area contributed by atoms with Crippen LogP contribution in [0.2, 0.25) is 10.0 Å². The van der Waals surface area contributed by atoms with Crippen LogP contribution in [-0.4, -0.2) is 58.6 Å². The Kier molecular flexibility index (Phi) is 12.4. The largest absolute Gasteiger partial charge is 0.508 e. The molecule has 0 aliphatic heterocycles. The molecule has 0 unspecified atom stereocenters. The summed E-state index contributed by atoms with van der Waals surface area (Å²) >= 11 is 12.2. The number of hydrogen-bond acceptors (Lipinski definition) is 8. The van der Waals surface area contributed by atoms with E-state index in [1.807, 2.05) is 12.1 Å². The van der Waals surface area contributed by atoms with Gasteiger partial charge in [-0.25, -0.2) is 10.2 Å². The Hall–Kier alpha value is -4.32. The van der Waals surface area contributed by atoms with Crippen LogP contribution in [0.25, 0.3) is 0 Å². The molecular formula is C31H34Cl2N4O7. The maximum atomic E-state index is 13.2. The average molecular weight is 646 g/mol. The molecule has 234 valence electrons. The number of carbonyl (C=O) groups excluding carboxylic acids is 3. The second kappa shape index (κ2) is 15.9. The van der Waals surface area contributed by atoms with Crippen molar-refractivity contribution in [1.82, 2.24) is 16.1 Å². The third kappa shape index (κ3) is 11.4. The van der Waals surface area contributed by atoms with Gasteiger partial charge >= 0.3 is 6.09 Å². The number of amides is 3. The fourth-order valence-corrected chi connectivity index (χ4v) is 4.17. The van der Waals surface area contributed by atoms with Crippen LogP contribution in [0.5, 0.6) is 11.5 Å². The molecule has 2 atom stereocenters. The third-order valence-corrected chi connectivity index (χ3v) is 6.30. The number of rotatable bonds is 12. The normalized spacial score (nSPS) is 12.7. The molecule has 3 amide bonds. The van der Waals surface area contributed by atoms with Gasteiger partial charge in [-0.05, 0) is 74.4 Å². The van der Waals surface area contributed by atoms with Crippen molar-refractivity contribution >= 4 is 47.3 Å². The van der Waals surface area contributed by atoms with Crippen molar-refractivity contribution in [2.45, 2.75) is 51.5 Å². The Balaban J connectivity index is 1.74. The van der Waals surface area contributed by atoms with Crippen molar-refractivity contribution in [2.24, 2.45) is 5.10 Å². The Morgan fingerprint density at radius 3 is 2.27 bits per heavy atom. The maximum absolute atomic E-state index is 13.2. The molecule has 3 aromatic carbocycles. The van der Waals surface area contributed by atoms with Crippen molar-refractivity contribution in [3.8, 4) is 11.5 Å². The monoisotopic (exact) mass is 644 g/mol. The minimum absolute atomic E-state index is 0.00310. The topological polar surface area (TPSA) is 159 Å². The van der Waals surface area contributed by atoms with Crippen molar-refractivity contribution in [2.75, 3.05) is 6.61 Å². The average Bonchev–Trinajstić information content (AvgIpc) is 2.95. The molecule has 0 heterocycles. The number of benzene rings is 3. The number of aliphatic hydroxyl groups is 1. The first-order valence-corrected chi connectivity index (χ1v) is 14.3. The van der Waals surface area contributed by atoms with Gasteiger partial charge in [-0.2, -0.15) is 5.10 Å². The number of nitrogens with zero attached hydrogens (tertiary/aromatic N) is 1. The first-order valence-electron chi connectivity index (χ1n) is 13.5. The van der Waals surface area contributed by atoms with E-state index in [4.69, 9.17) is 32.7 Å². The molecule has 0 fully saturated rings. The lowest BCUT2D eigenvalue weighted by Gasteiger charge is -2.24. The number of ether oxygens (including phenoxy) is 2. The van der Waals surface area contributed by atoms with Gasteiger partial charge in [0.05, 0.1) is 12.8 Å². The zero-order valence-corrected chi connectivity index (χ0v) is 25.9. The first kappa shape index (κ1) is 34.2. The van der Waals surface area contributed by atoms with E-state index in [9.17, 15) is 24.6 Å². The second-order valence-electron chi connectivity index (χ2n) is 10.6. The SMILES string of the molecule is CC(C)(C)OC(=O)N[C@@H](CO)C(=O)N[C@@H](Cc1ccc(O)cc1)C(=O)N/N=C\c1cc(Cl)ccc1OCc1cccc(Cl)c1. The Labute approximate surface area is 265 Å². The highest BCUT2D eigenvalue weighted by Crippen LogP contribution is 2.23. The van der Waals surface area contributed by atoms with E-state index in [0.29, 0.717) is 26.9 Å². The van der Waals surface area contributed by atoms with Gasteiger partial charge in [0.1, 0.15) is 35.8 Å². The number of hydrogen-bond donors (Lipinski definition) is 5. The molecule has 0 saturated carbocycles. The summed E-state index contributed by atoms with van der Waals surface area (Å²) < 4.78 is 11.1. The number of nitrogens with one attached hydrogen (secondary N) is 3. The van der Waals surface area contributed by atoms with E-state index in [1.54, 1.807) is 63.2 Å². The second-order valence-corrected chi connectivity index (χ2v) is 11.5. The van der Waals surface area contributed by atoms with Crippen LogP contribution in [0.3, 0.4) is 0 Å². The number of phenolic OH excluding ortho intramolecular Hbond substituents is 1. The molecule has 0 radical (unpaired) electrons. The van der Waals surface area contributed by atoms with Crippen LogP contribution in [-0.2, 0) is 27.4 Å². The molecule has 0 spiro atoms. The van der Waals surface area contributed by atoms with Crippen molar-refractivity contribution < 1.29 is 34.1 Å². The maximum Gasteiger partial charge on any atom is 0.408 e. The zero-order chi connectivity index (χ0) is 32.3. The first-order chi connectivity index (χ1) is 20.8. The molecule has 0 bridgehead atoms. The van der Waals surface area contributed by atoms with Crippen molar-refractivity contribution in [1.29, 1.82) is 0 Å². The van der Waals surface area contributed by atoms with Crippen LogP contribution in [0.15, 0.2) is 71.8 Å². The van der Waals surface area contributed by atoms with Gasteiger partial charge in [0.2, 0.25) is 5.91 Å². The van der Waals surface area contributed by atoms with Crippen LogP contribution in [0, 0.1) is 0 Å². The molecule has 0 aliphatic rings. The zero-order valence-electron chi connectivity index (χ0n) is 24.3. The van der Waals surface area contributed by atoms with E-state index in [1.165, 1.54) is 18.3 Å². The lowest BCUT2D eigenvalue weighted by Crippen LogP contribution is -2.55.